The van der Waals surface area contributed by atoms with Crippen molar-refractivity contribution in [3.63, 3.8) is 0 Å². The van der Waals surface area contributed by atoms with Gasteiger partial charge in [0.25, 0.3) is 0 Å². The van der Waals surface area contributed by atoms with Crippen molar-refractivity contribution < 1.29 is 0 Å². The van der Waals surface area contributed by atoms with Crippen LogP contribution in [0, 0.1) is 12.8 Å². The van der Waals surface area contributed by atoms with E-state index < -0.39 is 0 Å². The molecule has 0 bridgehead atoms. The average molecular weight is 354 g/mol. The molecular formula is C21H31N5. The molecule has 1 saturated heterocycles. The Labute approximate surface area is 157 Å². The van der Waals surface area contributed by atoms with Gasteiger partial charge in [-0.1, -0.05) is 24.3 Å². The van der Waals surface area contributed by atoms with Crippen LogP contribution in [0.3, 0.4) is 0 Å². The number of hydrogen-bond acceptors (Lipinski definition) is 5. The summed E-state index contributed by atoms with van der Waals surface area (Å²) in [6, 6.07) is 8.75. The van der Waals surface area contributed by atoms with Gasteiger partial charge < -0.3 is 15.5 Å². The van der Waals surface area contributed by atoms with Crippen LogP contribution in [0.4, 0.5) is 5.95 Å². The summed E-state index contributed by atoms with van der Waals surface area (Å²) >= 11 is 0. The molecule has 1 aromatic heterocycles. The molecule has 3 rings (SSSR count). The highest BCUT2D eigenvalue weighted by Gasteiger charge is 2.21. The molecule has 0 saturated carbocycles. The fourth-order valence-electron chi connectivity index (χ4n) is 3.94. The lowest BCUT2D eigenvalue weighted by Gasteiger charge is -2.34. The monoisotopic (exact) mass is 353 g/mol. The zero-order valence-corrected chi connectivity index (χ0v) is 16.1. The van der Waals surface area contributed by atoms with Gasteiger partial charge in [-0.3, -0.25) is 0 Å². The number of piperidine rings is 1. The Hall–Kier alpha value is -1.98. The predicted molar refractivity (Wildman–Crippen MR) is 107 cm³/mol. The summed E-state index contributed by atoms with van der Waals surface area (Å²) in [6.45, 7) is 7.80. The lowest BCUT2D eigenvalue weighted by molar-refractivity contribution is 0.142. The van der Waals surface area contributed by atoms with Crippen LogP contribution >= 0.6 is 0 Å². The fourth-order valence-corrected chi connectivity index (χ4v) is 3.94. The Morgan fingerprint density at radius 2 is 2.00 bits per heavy atom. The number of benzene rings is 1. The van der Waals surface area contributed by atoms with E-state index in [0.29, 0.717) is 5.95 Å². The quantitative estimate of drug-likeness (QED) is 0.829. The molecule has 2 aromatic rings. The number of hydrogen-bond donors (Lipinski definition) is 1. The van der Waals surface area contributed by atoms with Crippen molar-refractivity contribution >= 4 is 5.95 Å². The molecular weight excluding hydrogens is 322 g/mol. The molecule has 5 nitrogen and oxygen atoms in total. The molecule has 0 radical (unpaired) electrons. The Kier molecular flexibility index (Phi) is 6.58. The molecule has 1 aromatic carbocycles. The van der Waals surface area contributed by atoms with Crippen molar-refractivity contribution in [1.29, 1.82) is 0 Å². The third-order valence-corrected chi connectivity index (χ3v) is 5.31. The number of anilines is 1. The molecule has 140 valence electrons. The van der Waals surface area contributed by atoms with Gasteiger partial charge in [-0.05, 0) is 56.8 Å². The van der Waals surface area contributed by atoms with Crippen LogP contribution in [-0.4, -0.2) is 53.0 Å². The Morgan fingerprint density at radius 1 is 1.23 bits per heavy atom. The Morgan fingerprint density at radius 3 is 2.77 bits per heavy atom. The molecule has 26 heavy (non-hydrogen) atoms. The lowest BCUT2D eigenvalue weighted by Crippen LogP contribution is -2.40. The van der Waals surface area contributed by atoms with Crippen LogP contribution in [0.5, 0.6) is 0 Å². The summed E-state index contributed by atoms with van der Waals surface area (Å²) < 4.78 is 0. The van der Waals surface area contributed by atoms with E-state index in [1.54, 1.807) is 0 Å². The number of aromatic nitrogens is 2. The van der Waals surface area contributed by atoms with Crippen LogP contribution in [0.25, 0.3) is 0 Å². The van der Waals surface area contributed by atoms with E-state index in [1.165, 1.54) is 37.1 Å². The third-order valence-electron chi connectivity index (χ3n) is 5.31. The van der Waals surface area contributed by atoms with Crippen molar-refractivity contribution in [2.75, 3.05) is 39.0 Å². The molecule has 0 aliphatic carbocycles. The zero-order chi connectivity index (χ0) is 18.4. The first kappa shape index (κ1) is 18.8. The average Bonchev–Trinajstić information content (AvgIpc) is 2.63. The first-order chi connectivity index (χ1) is 12.6. The molecule has 0 amide bonds. The summed E-state index contributed by atoms with van der Waals surface area (Å²) in [4.78, 5) is 13.2. The summed E-state index contributed by atoms with van der Waals surface area (Å²) in [7, 11) is 2.18. The topological polar surface area (TPSA) is 58.3 Å². The minimum atomic E-state index is 0.341. The second kappa shape index (κ2) is 9.10. The van der Waals surface area contributed by atoms with E-state index in [-0.39, 0.29) is 0 Å². The molecule has 5 heteroatoms. The standard InChI is InChI=1S/C21H31N5/c1-17-6-3-4-8-20(17)9-11-26-10-5-7-18(16-26)14-25(2)15-19-12-23-21(22)24-13-19/h3-4,6,8,12-13,18H,5,7,9-11,14-16H2,1-2H3,(H2,22,23,24). The smallest absolute Gasteiger partial charge is 0.219 e. The number of rotatable bonds is 7. The van der Waals surface area contributed by atoms with Crippen molar-refractivity contribution in [3.8, 4) is 0 Å². The van der Waals surface area contributed by atoms with Gasteiger partial charge in [0.15, 0.2) is 0 Å². The summed E-state index contributed by atoms with van der Waals surface area (Å²) in [5.41, 5.74) is 9.57. The zero-order valence-electron chi connectivity index (χ0n) is 16.1. The van der Waals surface area contributed by atoms with Gasteiger partial charge in [0, 0.05) is 44.1 Å². The molecule has 1 unspecified atom stereocenters. The summed E-state index contributed by atoms with van der Waals surface area (Å²) in [5.74, 6) is 1.08. The lowest BCUT2D eigenvalue weighted by atomic mass is 9.96. The first-order valence-corrected chi connectivity index (χ1v) is 9.62. The minimum absolute atomic E-state index is 0.341. The maximum Gasteiger partial charge on any atom is 0.219 e. The van der Waals surface area contributed by atoms with E-state index in [0.717, 1.165) is 37.5 Å². The molecule has 1 fully saturated rings. The van der Waals surface area contributed by atoms with Gasteiger partial charge in [0.05, 0.1) is 0 Å². The van der Waals surface area contributed by atoms with Crippen LogP contribution in [0.15, 0.2) is 36.7 Å². The number of nitrogens with zero attached hydrogens (tertiary/aromatic N) is 4. The maximum atomic E-state index is 5.56. The minimum Gasteiger partial charge on any atom is -0.368 e. The van der Waals surface area contributed by atoms with Crippen LogP contribution < -0.4 is 5.73 Å². The highest BCUT2D eigenvalue weighted by atomic mass is 15.2. The van der Waals surface area contributed by atoms with E-state index in [9.17, 15) is 0 Å². The molecule has 2 N–H and O–H groups in total. The SMILES string of the molecule is Cc1ccccc1CCN1CCCC(CN(C)Cc2cnc(N)nc2)C1. The van der Waals surface area contributed by atoms with Crippen molar-refractivity contribution in [2.45, 2.75) is 32.7 Å². The van der Waals surface area contributed by atoms with E-state index in [4.69, 9.17) is 5.73 Å². The maximum absolute atomic E-state index is 5.56. The molecule has 1 atom stereocenters. The number of nitrogen functional groups attached to an aromatic ring is 1. The van der Waals surface area contributed by atoms with Crippen LogP contribution in [-0.2, 0) is 13.0 Å². The number of likely N-dealkylation sites (tertiary alicyclic amines) is 1. The molecule has 1 aliphatic heterocycles. The third kappa shape index (κ3) is 5.51. The summed E-state index contributed by atoms with van der Waals surface area (Å²) in [5, 5.41) is 0. The van der Waals surface area contributed by atoms with Crippen molar-refractivity contribution in [3.05, 3.63) is 53.3 Å². The highest BCUT2D eigenvalue weighted by molar-refractivity contribution is 5.25. The van der Waals surface area contributed by atoms with Gasteiger partial charge >= 0.3 is 0 Å². The predicted octanol–water partition coefficient (Wildman–Crippen LogP) is 2.75. The fraction of sp³-hybridized carbons (Fsp3) is 0.524. The summed E-state index contributed by atoms with van der Waals surface area (Å²) in [6.07, 6.45) is 7.43. The van der Waals surface area contributed by atoms with Crippen molar-refractivity contribution in [1.82, 2.24) is 19.8 Å². The Bertz CT molecular complexity index is 685. The van der Waals surface area contributed by atoms with E-state index in [1.807, 2.05) is 12.4 Å². The first-order valence-electron chi connectivity index (χ1n) is 9.62. The van der Waals surface area contributed by atoms with Crippen LogP contribution in [0.1, 0.15) is 29.5 Å². The van der Waals surface area contributed by atoms with Crippen LogP contribution in [0.2, 0.25) is 0 Å². The normalized spacial score (nSPS) is 18.3. The highest BCUT2D eigenvalue weighted by Crippen LogP contribution is 2.19. The van der Waals surface area contributed by atoms with Gasteiger partial charge in [0.1, 0.15) is 0 Å². The van der Waals surface area contributed by atoms with Gasteiger partial charge in [-0.15, -0.1) is 0 Å². The van der Waals surface area contributed by atoms with Gasteiger partial charge in [0.2, 0.25) is 5.95 Å². The second-order valence-electron chi connectivity index (χ2n) is 7.63. The number of nitrogens with two attached hydrogens (primary N) is 1. The second-order valence-corrected chi connectivity index (χ2v) is 7.63. The van der Waals surface area contributed by atoms with Crippen molar-refractivity contribution in [2.24, 2.45) is 5.92 Å². The largest absolute Gasteiger partial charge is 0.368 e. The molecule has 0 spiro atoms. The number of aryl methyl sites for hydroxylation is 1. The van der Waals surface area contributed by atoms with Gasteiger partial charge in [-0.2, -0.15) is 0 Å². The molecule has 2 heterocycles. The molecule has 1 aliphatic rings. The Balaban J connectivity index is 1.45. The van der Waals surface area contributed by atoms with E-state index >= 15 is 0 Å². The van der Waals surface area contributed by atoms with Gasteiger partial charge in [-0.25, -0.2) is 9.97 Å². The van der Waals surface area contributed by atoms with E-state index in [2.05, 4.69) is 58.0 Å².